The van der Waals surface area contributed by atoms with Crippen LogP contribution in [-0.2, 0) is 0 Å². The molecule has 0 bridgehead atoms. The van der Waals surface area contributed by atoms with Crippen LogP contribution in [-0.4, -0.2) is 9.78 Å². The maximum absolute atomic E-state index is 6.45. The summed E-state index contributed by atoms with van der Waals surface area (Å²) in [6, 6.07) is 0.330. The van der Waals surface area contributed by atoms with Crippen molar-refractivity contribution < 1.29 is 0 Å². The normalized spacial score (nSPS) is 26.6. The van der Waals surface area contributed by atoms with Crippen LogP contribution in [0.5, 0.6) is 0 Å². The van der Waals surface area contributed by atoms with Gasteiger partial charge in [-0.1, -0.05) is 31.4 Å². The van der Waals surface area contributed by atoms with Gasteiger partial charge in [-0.2, -0.15) is 5.10 Å². The number of halogens is 1. The van der Waals surface area contributed by atoms with Crippen LogP contribution in [0.1, 0.15) is 64.2 Å². The van der Waals surface area contributed by atoms with E-state index in [9.17, 15) is 0 Å². The number of nitrogens with zero attached hydrogens (tertiary/aromatic N) is 2. The summed E-state index contributed by atoms with van der Waals surface area (Å²) in [5.41, 5.74) is 7.47. The van der Waals surface area contributed by atoms with Crippen LogP contribution in [0.3, 0.4) is 0 Å². The van der Waals surface area contributed by atoms with E-state index in [1.54, 1.807) is 6.20 Å². The summed E-state index contributed by atoms with van der Waals surface area (Å²) in [5, 5.41) is 5.07. The van der Waals surface area contributed by atoms with Gasteiger partial charge in [-0.05, 0) is 38.5 Å². The number of nitrogens with two attached hydrogens (primary N) is 1. The second kappa shape index (κ2) is 5.62. The zero-order valence-electron chi connectivity index (χ0n) is 11.6. The van der Waals surface area contributed by atoms with Crippen molar-refractivity contribution in [1.29, 1.82) is 0 Å². The molecule has 1 aliphatic carbocycles. The van der Waals surface area contributed by atoms with Crippen molar-refractivity contribution in [1.82, 2.24) is 9.78 Å². The molecule has 1 atom stereocenters. The Morgan fingerprint density at radius 1 is 1.33 bits per heavy atom. The lowest BCUT2D eigenvalue weighted by molar-refractivity contribution is 0.248. The van der Waals surface area contributed by atoms with Crippen LogP contribution < -0.4 is 5.73 Å². The van der Waals surface area contributed by atoms with E-state index < -0.39 is 0 Å². The Morgan fingerprint density at radius 3 is 2.50 bits per heavy atom. The summed E-state index contributed by atoms with van der Waals surface area (Å²) in [5.74, 6) is 1.40. The molecule has 1 saturated carbocycles. The first-order valence-corrected chi connectivity index (χ1v) is 7.37. The maximum atomic E-state index is 6.45. The Balaban J connectivity index is 2.17. The summed E-state index contributed by atoms with van der Waals surface area (Å²) in [6.45, 7) is 6.55. The molecule has 2 N–H and O–H groups in total. The Morgan fingerprint density at radius 2 is 1.94 bits per heavy atom. The Kier molecular flexibility index (Phi) is 4.33. The van der Waals surface area contributed by atoms with E-state index in [0.717, 1.165) is 16.6 Å². The van der Waals surface area contributed by atoms with Crippen molar-refractivity contribution in [2.45, 2.75) is 58.5 Å². The molecule has 18 heavy (non-hydrogen) atoms. The molecule has 0 saturated heterocycles. The van der Waals surface area contributed by atoms with Gasteiger partial charge in [0.05, 0.1) is 23.0 Å². The molecular weight excluding hydrogens is 246 g/mol. The van der Waals surface area contributed by atoms with Crippen molar-refractivity contribution in [3.8, 4) is 0 Å². The fourth-order valence-corrected chi connectivity index (χ4v) is 3.20. The third-order valence-corrected chi connectivity index (χ3v) is 4.45. The van der Waals surface area contributed by atoms with Gasteiger partial charge in [0, 0.05) is 6.04 Å². The van der Waals surface area contributed by atoms with E-state index in [4.69, 9.17) is 17.3 Å². The first kappa shape index (κ1) is 13.9. The highest BCUT2D eigenvalue weighted by Gasteiger charge is 2.29. The van der Waals surface area contributed by atoms with Gasteiger partial charge in [0.15, 0.2) is 0 Å². The third-order valence-electron chi connectivity index (χ3n) is 4.16. The van der Waals surface area contributed by atoms with Crippen LogP contribution in [0.15, 0.2) is 6.20 Å². The molecule has 0 radical (unpaired) electrons. The minimum absolute atomic E-state index is 0.0231. The van der Waals surface area contributed by atoms with Crippen LogP contribution >= 0.6 is 11.6 Å². The molecule has 0 amide bonds. The molecule has 1 fully saturated rings. The van der Waals surface area contributed by atoms with E-state index in [-0.39, 0.29) is 6.04 Å². The van der Waals surface area contributed by atoms with E-state index in [1.807, 2.05) is 4.68 Å². The lowest BCUT2D eigenvalue weighted by Gasteiger charge is -2.31. The lowest BCUT2D eigenvalue weighted by Crippen LogP contribution is -2.28. The van der Waals surface area contributed by atoms with Crippen molar-refractivity contribution in [2.75, 3.05) is 0 Å². The second-order valence-electron chi connectivity index (χ2n) is 5.96. The van der Waals surface area contributed by atoms with Gasteiger partial charge in [-0.25, -0.2) is 0 Å². The number of rotatable bonds is 3. The van der Waals surface area contributed by atoms with E-state index >= 15 is 0 Å². The molecule has 2 rings (SSSR count). The van der Waals surface area contributed by atoms with Crippen LogP contribution in [0.4, 0.5) is 0 Å². The molecular formula is C14H24ClN3. The minimum atomic E-state index is 0.0231. The van der Waals surface area contributed by atoms with Gasteiger partial charge < -0.3 is 5.73 Å². The Bertz CT molecular complexity index is 392. The summed E-state index contributed by atoms with van der Waals surface area (Å²) in [6.07, 6.45) is 6.71. The fourth-order valence-electron chi connectivity index (χ4n) is 2.94. The molecule has 1 aromatic heterocycles. The smallest absolute Gasteiger partial charge is 0.0834 e. The third kappa shape index (κ3) is 2.72. The number of aromatic nitrogens is 2. The average Bonchev–Trinajstić information content (AvgIpc) is 2.71. The molecule has 3 nitrogen and oxygen atoms in total. The highest BCUT2D eigenvalue weighted by atomic mass is 35.5. The van der Waals surface area contributed by atoms with Gasteiger partial charge in [-0.3, -0.25) is 4.68 Å². The molecule has 0 aliphatic heterocycles. The Hall–Kier alpha value is -0.540. The SMILES string of the molecule is CC1CCC(C(N)c2c(Cl)cnn2C(C)C)CC1. The number of hydrogen-bond acceptors (Lipinski definition) is 2. The first-order valence-electron chi connectivity index (χ1n) is 6.99. The standard InChI is InChI=1S/C14H24ClN3/c1-9(2)18-14(12(15)8-17-18)13(16)11-6-4-10(3)5-7-11/h8-11,13H,4-7,16H2,1-3H3. The van der Waals surface area contributed by atoms with Crippen LogP contribution in [0.2, 0.25) is 5.02 Å². The fraction of sp³-hybridized carbons (Fsp3) is 0.786. The first-order chi connectivity index (χ1) is 8.50. The van der Waals surface area contributed by atoms with E-state index in [1.165, 1.54) is 25.7 Å². The molecule has 1 unspecified atom stereocenters. The largest absolute Gasteiger partial charge is 0.322 e. The summed E-state index contributed by atoms with van der Waals surface area (Å²) in [7, 11) is 0. The molecule has 4 heteroatoms. The molecule has 1 heterocycles. The molecule has 0 aromatic carbocycles. The van der Waals surface area contributed by atoms with Crippen molar-refractivity contribution in [3.05, 3.63) is 16.9 Å². The average molecular weight is 270 g/mol. The zero-order valence-corrected chi connectivity index (χ0v) is 12.3. The summed E-state index contributed by atoms with van der Waals surface area (Å²) in [4.78, 5) is 0. The van der Waals surface area contributed by atoms with Crippen LogP contribution in [0, 0.1) is 11.8 Å². The monoisotopic (exact) mass is 269 g/mol. The quantitative estimate of drug-likeness (QED) is 0.903. The van der Waals surface area contributed by atoms with Gasteiger partial charge >= 0.3 is 0 Å². The van der Waals surface area contributed by atoms with E-state index in [2.05, 4.69) is 25.9 Å². The highest BCUT2D eigenvalue weighted by molar-refractivity contribution is 6.31. The van der Waals surface area contributed by atoms with Gasteiger partial charge in [0.25, 0.3) is 0 Å². The topological polar surface area (TPSA) is 43.8 Å². The predicted molar refractivity (Wildman–Crippen MR) is 75.7 cm³/mol. The molecule has 1 aromatic rings. The van der Waals surface area contributed by atoms with Crippen molar-refractivity contribution in [3.63, 3.8) is 0 Å². The number of hydrogen-bond donors (Lipinski definition) is 1. The Labute approximate surface area is 115 Å². The lowest BCUT2D eigenvalue weighted by atomic mass is 9.78. The zero-order chi connectivity index (χ0) is 13.3. The summed E-state index contributed by atoms with van der Waals surface area (Å²) >= 11 is 6.27. The van der Waals surface area contributed by atoms with Crippen molar-refractivity contribution >= 4 is 11.6 Å². The van der Waals surface area contributed by atoms with Crippen molar-refractivity contribution in [2.24, 2.45) is 17.6 Å². The maximum Gasteiger partial charge on any atom is 0.0834 e. The summed E-state index contributed by atoms with van der Waals surface area (Å²) < 4.78 is 1.98. The highest BCUT2D eigenvalue weighted by Crippen LogP contribution is 2.38. The predicted octanol–water partition coefficient (Wildman–Crippen LogP) is 3.94. The molecule has 1 aliphatic rings. The van der Waals surface area contributed by atoms with Gasteiger partial charge in [0.1, 0.15) is 0 Å². The molecule has 102 valence electrons. The molecule has 0 spiro atoms. The van der Waals surface area contributed by atoms with Gasteiger partial charge in [-0.15, -0.1) is 0 Å². The second-order valence-corrected chi connectivity index (χ2v) is 6.37. The minimum Gasteiger partial charge on any atom is -0.322 e. The van der Waals surface area contributed by atoms with E-state index in [0.29, 0.717) is 12.0 Å². The van der Waals surface area contributed by atoms with Gasteiger partial charge in [0.2, 0.25) is 0 Å². The van der Waals surface area contributed by atoms with Crippen LogP contribution in [0.25, 0.3) is 0 Å².